The van der Waals surface area contributed by atoms with Crippen LogP contribution in [0.4, 0.5) is 15.7 Å². The van der Waals surface area contributed by atoms with Gasteiger partial charge >= 0.3 is 6.09 Å². The Kier molecular flexibility index (Phi) is 4.37. The predicted octanol–water partition coefficient (Wildman–Crippen LogP) is 4.19. The van der Waals surface area contributed by atoms with E-state index < -0.39 is 6.09 Å². The lowest BCUT2D eigenvalue weighted by atomic mass is 10.0. The number of nitrogens with zero attached hydrogens (tertiary/aromatic N) is 4. The summed E-state index contributed by atoms with van der Waals surface area (Å²) in [6.07, 6.45) is 7.99. The summed E-state index contributed by atoms with van der Waals surface area (Å²) in [5, 5.41) is 4.48. The molecule has 1 atom stereocenters. The maximum atomic E-state index is 12.2. The Balaban J connectivity index is 1.52. The number of fused-ring (bicyclic) bond motifs is 1. The number of ether oxygens (including phenoxy) is 1. The summed E-state index contributed by atoms with van der Waals surface area (Å²) in [7, 11) is 0. The van der Waals surface area contributed by atoms with Gasteiger partial charge in [-0.2, -0.15) is 0 Å². The summed E-state index contributed by atoms with van der Waals surface area (Å²) < 4.78 is 6.96. The normalized spacial score (nSPS) is 16.3. The lowest BCUT2D eigenvalue weighted by Crippen LogP contribution is -2.18. The topological polar surface area (TPSA) is 81.9 Å². The third-order valence-corrected chi connectivity index (χ3v) is 5.15. The van der Waals surface area contributed by atoms with E-state index in [9.17, 15) is 4.79 Å². The van der Waals surface area contributed by atoms with Crippen molar-refractivity contribution in [1.82, 2.24) is 19.5 Å². The number of rotatable bonds is 3. The number of aryl methyl sites for hydroxylation is 1. The monoisotopic (exact) mass is 375 g/mol. The number of carbonyl (C=O) groups excluding carboxylic acids is 1. The van der Waals surface area contributed by atoms with Crippen molar-refractivity contribution in [2.45, 2.75) is 25.4 Å². The van der Waals surface area contributed by atoms with Crippen LogP contribution in [0.5, 0.6) is 0 Å². The van der Waals surface area contributed by atoms with Crippen LogP contribution in [0.2, 0.25) is 5.02 Å². The van der Waals surface area contributed by atoms with Crippen LogP contribution in [-0.2, 0) is 11.2 Å². The summed E-state index contributed by atoms with van der Waals surface area (Å²) in [6, 6.07) is 3.55. The van der Waals surface area contributed by atoms with Crippen molar-refractivity contribution in [2.75, 3.05) is 5.32 Å². The molecule has 1 aliphatic rings. The lowest BCUT2D eigenvalue weighted by molar-refractivity contribution is 0.0904. The van der Waals surface area contributed by atoms with E-state index in [1.54, 1.807) is 30.7 Å². The number of halogens is 1. The molecule has 0 saturated heterocycles. The van der Waals surface area contributed by atoms with Crippen molar-refractivity contribution in [2.24, 2.45) is 0 Å². The molecular formula is C16H14ClN5O2S. The van der Waals surface area contributed by atoms with E-state index in [1.165, 1.54) is 22.2 Å². The van der Waals surface area contributed by atoms with Crippen LogP contribution in [0, 0.1) is 0 Å². The van der Waals surface area contributed by atoms with Crippen LogP contribution in [0.15, 0.2) is 37.1 Å². The zero-order valence-electron chi connectivity index (χ0n) is 13.1. The first-order valence-electron chi connectivity index (χ1n) is 7.76. The minimum Gasteiger partial charge on any atom is -0.440 e. The van der Waals surface area contributed by atoms with E-state index in [2.05, 4.69) is 20.3 Å². The molecule has 0 radical (unpaired) electrons. The number of hydrogen-bond donors (Lipinski definition) is 1. The van der Waals surface area contributed by atoms with Gasteiger partial charge in [-0.25, -0.2) is 24.3 Å². The highest BCUT2D eigenvalue weighted by molar-refractivity contribution is 7.15. The van der Waals surface area contributed by atoms with Gasteiger partial charge in [-0.1, -0.05) is 22.9 Å². The molecule has 1 aliphatic carbocycles. The fourth-order valence-corrected chi connectivity index (χ4v) is 3.85. The Labute approximate surface area is 152 Å². The van der Waals surface area contributed by atoms with Crippen LogP contribution in [0.3, 0.4) is 0 Å². The van der Waals surface area contributed by atoms with Crippen molar-refractivity contribution >= 4 is 40.0 Å². The zero-order chi connectivity index (χ0) is 17.2. The second-order valence-corrected chi connectivity index (χ2v) is 7.02. The number of imidazole rings is 1. The van der Waals surface area contributed by atoms with E-state index in [-0.39, 0.29) is 6.10 Å². The highest BCUT2D eigenvalue weighted by Gasteiger charge is 2.28. The standard InChI is InChI=1S/C16H14ClN5O2S/c17-10-4-5-13(19-8-10)21-15-20-11-2-1-3-12(14(11)25-15)24-16(23)22-7-6-18-9-22/h4-9,12H,1-3H2,(H,19,20,21). The number of hydrogen-bond acceptors (Lipinski definition) is 7. The molecule has 1 N–H and O–H groups in total. The summed E-state index contributed by atoms with van der Waals surface area (Å²) >= 11 is 7.33. The third kappa shape index (κ3) is 3.49. The SMILES string of the molecule is O=C(OC1CCCc2nc(Nc3ccc(Cl)cn3)sc21)n1ccnc1. The third-order valence-electron chi connectivity index (χ3n) is 3.82. The maximum Gasteiger partial charge on any atom is 0.419 e. The maximum absolute atomic E-state index is 12.2. The first kappa shape index (κ1) is 16.0. The summed E-state index contributed by atoms with van der Waals surface area (Å²) in [5.74, 6) is 0.669. The zero-order valence-corrected chi connectivity index (χ0v) is 14.6. The van der Waals surface area contributed by atoms with Gasteiger partial charge in [-0.3, -0.25) is 0 Å². The van der Waals surface area contributed by atoms with Crippen molar-refractivity contribution in [3.63, 3.8) is 0 Å². The largest absolute Gasteiger partial charge is 0.440 e. The number of carbonyl (C=O) groups is 1. The van der Waals surface area contributed by atoms with Crippen molar-refractivity contribution in [1.29, 1.82) is 0 Å². The molecule has 3 aromatic rings. The Morgan fingerprint density at radius 2 is 2.36 bits per heavy atom. The van der Waals surface area contributed by atoms with Gasteiger partial charge in [0.25, 0.3) is 0 Å². The Hall–Kier alpha value is -2.45. The average molecular weight is 376 g/mol. The lowest BCUT2D eigenvalue weighted by Gasteiger charge is -2.21. The van der Waals surface area contributed by atoms with Crippen molar-refractivity contribution in [3.8, 4) is 0 Å². The first-order chi connectivity index (χ1) is 12.2. The molecule has 0 fully saturated rings. The van der Waals surface area contributed by atoms with Crippen molar-refractivity contribution < 1.29 is 9.53 Å². The summed E-state index contributed by atoms with van der Waals surface area (Å²) in [5.41, 5.74) is 0.969. The van der Waals surface area contributed by atoms with Gasteiger partial charge in [0, 0.05) is 18.6 Å². The van der Waals surface area contributed by atoms with Crippen molar-refractivity contribution in [3.05, 3.63) is 52.6 Å². The van der Waals surface area contributed by atoms with Gasteiger partial charge in [0.2, 0.25) is 0 Å². The molecule has 0 aliphatic heterocycles. The van der Waals surface area contributed by atoms with Crippen LogP contribution < -0.4 is 5.32 Å². The number of thiazole rings is 1. The molecular weight excluding hydrogens is 362 g/mol. The van der Waals surface area contributed by atoms with Crippen LogP contribution in [0.1, 0.15) is 29.5 Å². The summed E-state index contributed by atoms with van der Waals surface area (Å²) in [4.78, 5) is 25.8. The summed E-state index contributed by atoms with van der Waals surface area (Å²) in [6.45, 7) is 0. The minimum atomic E-state index is -0.433. The predicted molar refractivity (Wildman–Crippen MR) is 94.4 cm³/mol. The van der Waals surface area contributed by atoms with Crippen LogP contribution in [-0.4, -0.2) is 25.6 Å². The molecule has 3 heterocycles. The van der Waals surface area contributed by atoms with Gasteiger partial charge in [0.1, 0.15) is 18.2 Å². The van der Waals surface area contributed by atoms with Crippen LogP contribution in [0.25, 0.3) is 0 Å². The van der Waals surface area contributed by atoms with Crippen LogP contribution >= 0.6 is 22.9 Å². The molecule has 7 nitrogen and oxygen atoms in total. The molecule has 1 unspecified atom stereocenters. The molecule has 4 rings (SSSR count). The van der Waals surface area contributed by atoms with Gasteiger partial charge in [0.15, 0.2) is 5.13 Å². The molecule has 0 aromatic carbocycles. The fraction of sp³-hybridized carbons (Fsp3) is 0.250. The first-order valence-corrected chi connectivity index (χ1v) is 8.95. The molecule has 9 heteroatoms. The van der Waals surface area contributed by atoms with Gasteiger partial charge in [-0.05, 0) is 31.4 Å². The number of aromatic nitrogens is 4. The average Bonchev–Trinajstić information content (AvgIpc) is 3.27. The Bertz CT molecular complexity index is 879. The highest BCUT2D eigenvalue weighted by Crippen LogP contribution is 2.39. The minimum absolute atomic E-state index is 0.287. The molecule has 25 heavy (non-hydrogen) atoms. The quantitative estimate of drug-likeness (QED) is 0.739. The number of pyridine rings is 1. The van der Waals surface area contributed by atoms with Gasteiger partial charge in [0.05, 0.1) is 15.6 Å². The second-order valence-electron chi connectivity index (χ2n) is 5.55. The smallest absolute Gasteiger partial charge is 0.419 e. The molecule has 128 valence electrons. The van der Waals surface area contributed by atoms with Gasteiger partial charge in [-0.15, -0.1) is 0 Å². The Morgan fingerprint density at radius 3 is 3.12 bits per heavy atom. The van der Waals surface area contributed by atoms with E-state index in [1.807, 2.05) is 0 Å². The van der Waals surface area contributed by atoms with E-state index >= 15 is 0 Å². The fourth-order valence-electron chi connectivity index (χ4n) is 2.66. The number of nitrogens with one attached hydrogen (secondary N) is 1. The number of anilines is 2. The molecule has 0 bridgehead atoms. The highest BCUT2D eigenvalue weighted by atomic mass is 35.5. The Morgan fingerprint density at radius 1 is 1.44 bits per heavy atom. The molecule has 3 aromatic heterocycles. The molecule has 0 spiro atoms. The molecule has 0 amide bonds. The van der Waals surface area contributed by atoms with E-state index in [0.29, 0.717) is 10.8 Å². The van der Waals surface area contributed by atoms with E-state index in [4.69, 9.17) is 16.3 Å². The second kappa shape index (κ2) is 6.81. The van der Waals surface area contributed by atoms with E-state index in [0.717, 1.165) is 35.0 Å². The van der Waals surface area contributed by atoms with Gasteiger partial charge < -0.3 is 10.1 Å². The molecule has 0 saturated carbocycles.